The van der Waals surface area contributed by atoms with Crippen LogP contribution in [0.15, 0.2) is 29.6 Å². The Labute approximate surface area is 138 Å². The zero-order valence-electron chi connectivity index (χ0n) is 12.7. The molecule has 0 aliphatic carbocycles. The molecule has 0 radical (unpaired) electrons. The lowest BCUT2D eigenvalue weighted by molar-refractivity contribution is -0.115. The predicted molar refractivity (Wildman–Crippen MR) is 89.2 cm³/mol. The number of amides is 1. The lowest BCUT2D eigenvalue weighted by atomic mass is 9.96. The number of fused-ring (bicyclic) bond motifs is 1. The normalized spacial score (nSPS) is 16.6. The highest BCUT2D eigenvalue weighted by molar-refractivity contribution is 7.14. The van der Waals surface area contributed by atoms with Gasteiger partial charge in [0.15, 0.2) is 0 Å². The van der Waals surface area contributed by atoms with Gasteiger partial charge in [-0.1, -0.05) is 0 Å². The highest BCUT2D eigenvalue weighted by Gasteiger charge is 2.25. The van der Waals surface area contributed by atoms with Gasteiger partial charge in [-0.15, -0.1) is 11.3 Å². The Balaban J connectivity index is 1.77. The number of nitrogens with one attached hydrogen (secondary N) is 1. The van der Waals surface area contributed by atoms with E-state index >= 15 is 0 Å². The van der Waals surface area contributed by atoms with Gasteiger partial charge in [0.1, 0.15) is 16.9 Å². The van der Waals surface area contributed by atoms with Gasteiger partial charge < -0.3 is 10.2 Å². The number of thiophene rings is 1. The van der Waals surface area contributed by atoms with Crippen molar-refractivity contribution in [2.45, 2.75) is 25.8 Å². The topological polar surface area (TPSA) is 56.1 Å². The van der Waals surface area contributed by atoms with E-state index in [1.165, 1.54) is 17.4 Å². The Morgan fingerprint density at radius 1 is 1.52 bits per heavy atom. The molecule has 2 aromatic rings. The Kier molecular flexibility index (Phi) is 4.30. The van der Waals surface area contributed by atoms with Crippen LogP contribution in [-0.2, 0) is 11.2 Å². The van der Waals surface area contributed by atoms with Gasteiger partial charge in [0.05, 0.1) is 12.1 Å². The molecule has 23 heavy (non-hydrogen) atoms. The maximum Gasteiger partial charge on any atom is 0.244 e. The van der Waals surface area contributed by atoms with Crippen molar-refractivity contribution in [3.05, 3.63) is 46.6 Å². The van der Waals surface area contributed by atoms with E-state index < -0.39 is 0 Å². The number of benzene rings is 1. The summed E-state index contributed by atoms with van der Waals surface area (Å²) in [6.45, 7) is 2.24. The number of halogens is 1. The summed E-state index contributed by atoms with van der Waals surface area (Å²) in [4.78, 5) is 14.3. The van der Waals surface area contributed by atoms with Crippen LogP contribution in [-0.4, -0.2) is 18.5 Å². The molecule has 1 atom stereocenters. The van der Waals surface area contributed by atoms with Gasteiger partial charge in [-0.25, -0.2) is 4.39 Å². The minimum absolute atomic E-state index is 0.173. The molecule has 4 nitrogen and oxygen atoms in total. The molecule has 0 fully saturated rings. The maximum absolute atomic E-state index is 13.4. The fourth-order valence-electron chi connectivity index (χ4n) is 2.85. The van der Waals surface area contributed by atoms with E-state index in [9.17, 15) is 9.18 Å². The molecule has 3 rings (SSSR count). The number of rotatable bonds is 3. The Morgan fingerprint density at radius 3 is 3.13 bits per heavy atom. The quantitative estimate of drug-likeness (QED) is 0.937. The first-order chi connectivity index (χ1) is 11.1. The predicted octanol–water partition coefficient (Wildman–Crippen LogP) is 3.54. The van der Waals surface area contributed by atoms with Crippen LogP contribution >= 0.6 is 11.3 Å². The fourth-order valence-corrected chi connectivity index (χ4v) is 3.60. The van der Waals surface area contributed by atoms with Crippen molar-refractivity contribution >= 4 is 27.9 Å². The number of hydrogen-bond acceptors (Lipinski definition) is 4. The molecule has 1 unspecified atom stereocenters. The average Bonchev–Trinajstić information content (AvgIpc) is 2.97. The summed E-state index contributed by atoms with van der Waals surface area (Å²) in [6.07, 6.45) is 1.70. The number of hydrogen-bond donors (Lipinski definition) is 1. The van der Waals surface area contributed by atoms with Crippen molar-refractivity contribution in [3.8, 4) is 6.07 Å². The molecular formula is C17H16FN3OS. The first kappa shape index (κ1) is 15.5. The molecule has 6 heteroatoms. The molecule has 0 spiro atoms. The van der Waals surface area contributed by atoms with Crippen LogP contribution < -0.4 is 10.2 Å². The summed E-state index contributed by atoms with van der Waals surface area (Å²) >= 11 is 1.33. The van der Waals surface area contributed by atoms with E-state index in [0.29, 0.717) is 10.6 Å². The third-order valence-electron chi connectivity index (χ3n) is 4.07. The molecule has 1 aromatic heterocycles. The summed E-state index contributed by atoms with van der Waals surface area (Å²) in [7, 11) is 0. The molecule has 1 N–H and O–H groups in total. The van der Waals surface area contributed by atoms with Crippen LogP contribution in [0.1, 0.15) is 24.5 Å². The summed E-state index contributed by atoms with van der Waals surface area (Å²) in [5.41, 5.74) is 2.31. The highest BCUT2D eigenvalue weighted by Crippen LogP contribution is 2.31. The Morgan fingerprint density at radius 2 is 2.35 bits per heavy atom. The molecule has 1 amide bonds. The smallest absolute Gasteiger partial charge is 0.244 e. The van der Waals surface area contributed by atoms with Crippen LogP contribution in [0, 0.1) is 17.1 Å². The fraction of sp³-hybridized carbons (Fsp3) is 0.294. The van der Waals surface area contributed by atoms with Crippen molar-refractivity contribution < 1.29 is 9.18 Å². The molecule has 1 aliphatic heterocycles. The van der Waals surface area contributed by atoms with Gasteiger partial charge >= 0.3 is 0 Å². The first-order valence-electron chi connectivity index (χ1n) is 7.41. The standard InChI is InChI=1S/C17H16FN3OS/c1-11-2-3-12-8-14(18)4-5-15(12)21(11)10-16(22)20-17-13(9-19)6-7-23-17/h4-8,11H,2-3,10H2,1H3,(H,20,22). The third-order valence-corrected chi connectivity index (χ3v) is 4.90. The van der Waals surface area contributed by atoms with Crippen molar-refractivity contribution in [2.24, 2.45) is 0 Å². The van der Waals surface area contributed by atoms with Crippen LogP contribution in [0.2, 0.25) is 0 Å². The molecule has 1 aliphatic rings. The minimum Gasteiger partial charge on any atom is -0.359 e. The summed E-state index contributed by atoms with van der Waals surface area (Å²) in [5.74, 6) is -0.423. The molecule has 0 saturated carbocycles. The van der Waals surface area contributed by atoms with Crippen molar-refractivity contribution in [3.63, 3.8) is 0 Å². The lowest BCUT2D eigenvalue weighted by Gasteiger charge is -2.36. The van der Waals surface area contributed by atoms with Gasteiger partial charge in [0.25, 0.3) is 0 Å². The van der Waals surface area contributed by atoms with Crippen LogP contribution in [0.4, 0.5) is 15.1 Å². The second kappa shape index (κ2) is 6.39. The zero-order chi connectivity index (χ0) is 16.4. The average molecular weight is 329 g/mol. The van der Waals surface area contributed by atoms with E-state index in [4.69, 9.17) is 5.26 Å². The van der Waals surface area contributed by atoms with Crippen LogP contribution in [0.25, 0.3) is 0 Å². The number of aryl methyl sites for hydroxylation is 1. The van der Waals surface area contributed by atoms with E-state index in [-0.39, 0.29) is 24.3 Å². The van der Waals surface area contributed by atoms with Crippen molar-refractivity contribution in [1.82, 2.24) is 0 Å². The molecule has 0 saturated heterocycles. The minimum atomic E-state index is -0.250. The lowest BCUT2D eigenvalue weighted by Crippen LogP contribution is -2.42. The second-order valence-corrected chi connectivity index (χ2v) is 6.53. The number of nitriles is 1. The van der Waals surface area contributed by atoms with Crippen LogP contribution in [0.5, 0.6) is 0 Å². The second-order valence-electron chi connectivity index (χ2n) is 5.61. The Bertz CT molecular complexity index is 780. The van der Waals surface area contributed by atoms with E-state index in [2.05, 4.69) is 18.3 Å². The monoisotopic (exact) mass is 329 g/mol. The summed E-state index contributed by atoms with van der Waals surface area (Å²) < 4.78 is 13.4. The summed E-state index contributed by atoms with van der Waals surface area (Å²) in [5, 5.41) is 14.1. The third kappa shape index (κ3) is 3.20. The molecule has 118 valence electrons. The van der Waals surface area contributed by atoms with Gasteiger partial charge in [-0.05, 0) is 55.0 Å². The van der Waals surface area contributed by atoms with Crippen molar-refractivity contribution in [1.29, 1.82) is 5.26 Å². The number of carbonyl (C=O) groups is 1. The SMILES string of the molecule is CC1CCc2cc(F)ccc2N1CC(=O)Nc1sccc1C#N. The van der Waals surface area contributed by atoms with Gasteiger partial charge in [0, 0.05) is 11.7 Å². The van der Waals surface area contributed by atoms with E-state index in [0.717, 1.165) is 24.1 Å². The highest BCUT2D eigenvalue weighted by atomic mass is 32.1. The number of anilines is 2. The maximum atomic E-state index is 13.4. The number of carbonyl (C=O) groups excluding carboxylic acids is 1. The Hall–Kier alpha value is -2.39. The van der Waals surface area contributed by atoms with Gasteiger partial charge in [-0.3, -0.25) is 4.79 Å². The van der Waals surface area contributed by atoms with E-state index in [1.807, 2.05) is 4.90 Å². The molecular weight excluding hydrogens is 313 g/mol. The zero-order valence-corrected chi connectivity index (χ0v) is 13.5. The molecule has 1 aromatic carbocycles. The van der Waals surface area contributed by atoms with Gasteiger partial charge in [0.2, 0.25) is 5.91 Å². The van der Waals surface area contributed by atoms with E-state index in [1.54, 1.807) is 23.6 Å². The summed E-state index contributed by atoms with van der Waals surface area (Å²) in [6, 6.07) is 8.65. The van der Waals surface area contributed by atoms with Gasteiger partial charge in [-0.2, -0.15) is 5.26 Å². The largest absolute Gasteiger partial charge is 0.359 e. The molecule has 2 heterocycles. The number of nitrogens with zero attached hydrogens (tertiary/aromatic N) is 2. The van der Waals surface area contributed by atoms with Crippen LogP contribution in [0.3, 0.4) is 0 Å². The molecule has 0 bridgehead atoms. The first-order valence-corrected chi connectivity index (χ1v) is 8.29. The van der Waals surface area contributed by atoms with Crippen molar-refractivity contribution in [2.75, 3.05) is 16.8 Å².